The normalized spacial score (nSPS) is 27.3. The van der Waals surface area contributed by atoms with Crippen LogP contribution in [0.3, 0.4) is 0 Å². The van der Waals surface area contributed by atoms with Gasteiger partial charge in [-0.15, -0.1) is 10.2 Å². The molecule has 1 saturated carbocycles. The van der Waals surface area contributed by atoms with Gasteiger partial charge < -0.3 is 14.7 Å². The summed E-state index contributed by atoms with van der Waals surface area (Å²) in [5.41, 5.74) is 0.165. The second-order valence-electron chi connectivity index (χ2n) is 5.87. The van der Waals surface area contributed by atoms with Gasteiger partial charge in [-0.05, 0) is 31.2 Å². The molecule has 1 N–H and O–H groups in total. The number of hydrogen-bond acceptors (Lipinski definition) is 5. The molecule has 0 radical (unpaired) electrons. The Morgan fingerprint density at radius 3 is 2.68 bits per heavy atom. The molecule has 7 heteroatoms. The number of carboxylic acids is 1. The van der Waals surface area contributed by atoms with E-state index < -0.39 is 12.0 Å². The van der Waals surface area contributed by atoms with Crippen LogP contribution in [0.5, 0.6) is 5.88 Å². The third-order valence-electron chi connectivity index (χ3n) is 4.68. The van der Waals surface area contributed by atoms with Crippen LogP contribution in [0, 0.1) is 5.92 Å². The van der Waals surface area contributed by atoms with Gasteiger partial charge in [0.15, 0.2) is 5.69 Å². The van der Waals surface area contributed by atoms with Crippen molar-refractivity contribution in [1.82, 2.24) is 15.1 Å². The molecule has 1 aliphatic heterocycles. The zero-order valence-corrected chi connectivity index (χ0v) is 12.4. The van der Waals surface area contributed by atoms with E-state index in [1.165, 1.54) is 18.1 Å². The van der Waals surface area contributed by atoms with E-state index >= 15 is 0 Å². The van der Waals surface area contributed by atoms with E-state index in [0.717, 1.165) is 25.7 Å². The number of carboxylic acid groups (broad SMARTS) is 1. The highest BCUT2D eigenvalue weighted by Crippen LogP contribution is 2.40. The van der Waals surface area contributed by atoms with Crippen LogP contribution in [-0.2, 0) is 4.79 Å². The van der Waals surface area contributed by atoms with Crippen molar-refractivity contribution < 1.29 is 19.4 Å². The minimum absolute atomic E-state index is 0.00579. The first kappa shape index (κ1) is 14.7. The summed E-state index contributed by atoms with van der Waals surface area (Å²) in [4.78, 5) is 25.8. The Bertz CT molecular complexity index is 575. The van der Waals surface area contributed by atoms with Crippen LogP contribution >= 0.6 is 0 Å². The number of carbonyl (C=O) groups excluding carboxylic acids is 1. The molecular weight excluding hydrogens is 286 g/mol. The first-order chi connectivity index (χ1) is 10.6. The summed E-state index contributed by atoms with van der Waals surface area (Å²) in [5, 5.41) is 17.1. The van der Waals surface area contributed by atoms with E-state index in [-0.39, 0.29) is 23.6 Å². The molecule has 0 bridgehead atoms. The lowest BCUT2D eigenvalue weighted by Crippen LogP contribution is -2.46. The Morgan fingerprint density at radius 2 is 2.05 bits per heavy atom. The summed E-state index contributed by atoms with van der Waals surface area (Å²) in [6, 6.07) is 2.34. The SMILES string of the molecule is COc1ccc(C(=O)N2[C@@H]3CCCC[C@H]3C[C@H]2C(=O)O)nn1. The Labute approximate surface area is 128 Å². The number of aromatic nitrogens is 2. The molecule has 7 nitrogen and oxygen atoms in total. The van der Waals surface area contributed by atoms with Crippen molar-refractivity contribution >= 4 is 11.9 Å². The zero-order valence-electron chi connectivity index (χ0n) is 12.4. The van der Waals surface area contributed by atoms with E-state index in [1.54, 1.807) is 6.07 Å². The maximum absolute atomic E-state index is 12.7. The number of nitrogens with zero attached hydrogens (tertiary/aromatic N) is 3. The van der Waals surface area contributed by atoms with Crippen molar-refractivity contribution in [3.63, 3.8) is 0 Å². The Morgan fingerprint density at radius 1 is 1.27 bits per heavy atom. The molecule has 1 amide bonds. The van der Waals surface area contributed by atoms with Gasteiger partial charge in [0.1, 0.15) is 6.04 Å². The predicted molar refractivity (Wildman–Crippen MR) is 76.5 cm³/mol. The molecule has 2 heterocycles. The molecule has 0 spiro atoms. The lowest BCUT2D eigenvalue weighted by atomic mass is 9.84. The Kier molecular flexibility index (Phi) is 3.96. The van der Waals surface area contributed by atoms with Gasteiger partial charge in [0.25, 0.3) is 5.91 Å². The van der Waals surface area contributed by atoms with Gasteiger partial charge in [-0.25, -0.2) is 4.79 Å². The summed E-state index contributed by atoms with van der Waals surface area (Å²) in [6.45, 7) is 0. The molecule has 118 valence electrons. The van der Waals surface area contributed by atoms with Crippen molar-refractivity contribution in [2.45, 2.75) is 44.2 Å². The minimum Gasteiger partial charge on any atom is -0.480 e. The first-order valence-electron chi connectivity index (χ1n) is 7.55. The molecule has 3 atom stereocenters. The number of carbonyl (C=O) groups is 2. The number of methoxy groups -OCH3 is 1. The van der Waals surface area contributed by atoms with Crippen LogP contribution in [0.1, 0.15) is 42.6 Å². The highest BCUT2D eigenvalue weighted by atomic mass is 16.5. The van der Waals surface area contributed by atoms with Crippen molar-refractivity contribution in [3.8, 4) is 5.88 Å². The van der Waals surface area contributed by atoms with Gasteiger partial charge in [-0.3, -0.25) is 4.79 Å². The molecule has 1 aliphatic carbocycles. The average molecular weight is 305 g/mol. The molecule has 1 aromatic heterocycles. The number of hydrogen-bond donors (Lipinski definition) is 1. The number of likely N-dealkylation sites (tertiary alicyclic amines) is 1. The zero-order chi connectivity index (χ0) is 15.7. The van der Waals surface area contributed by atoms with Crippen molar-refractivity contribution in [3.05, 3.63) is 17.8 Å². The van der Waals surface area contributed by atoms with Crippen LogP contribution in [0.15, 0.2) is 12.1 Å². The third-order valence-corrected chi connectivity index (χ3v) is 4.68. The first-order valence-corrected chi connectivity index (χ1v) is 7.55. The van der Waals surface area contributed by atoms with E-state index in [2.05, 4.69) is 10.2 Å². The highest BCUT2D eigenvalue weighted by Gasteiger charge is 2.48. The molecule has 1 aromatic rings. The largest absolute Gasteiger partial charge is 0.480 e. The molecule has 0 aromatic carbocycles. The third kappa shape index (κ3) is 2.51. The minimum atomic E-state index is -0.941. The fourth-order valence-corrected chi connectivity index (χ4v) is 3.65. The highest BCUT2D eigenvalue weighted by molar-refractivity contribution is 5.95. The average Bonchev–Trinajstić information content (AvgIpc) is 2.94. The summed E-state index contributed by atoms with van der Waals surface area (Å²) in [7, 11) is 1.47. The van der Waals surface area contributed by atoms with Crippen LogP contribution in [0.4, 0.5) is 0 Å². The maximum atomic E-state index is 12.7. The molecule has 3 rings (SSSR count). The summed E-state index contributed by atoms with van der Waals surface area (Å²) >= 11 is 0. The fraction of sp³-hybridized carbons (Fsp3) is 0.600. The second kappa shape index (κ2) is 5.90. The van der Waals surface area contributed by atoms with Crippen molar-refractivity contribution in [2.75, 3.05) is 7.11 Å². The van der Waals surface area contributed by atoms with E-state index in [1.807, 2.05) is 0 Å². The molecule has 0 unspecified atom stereocenters. The molecule has 2 aliphatic rings. The number of aliphatic carboxylic acids is 1. The van der Waals surface area contributed by atoms with Crippen LogP contribution < -0.4 is 4.74 Å². The standard InChI is InChI=1S/C15H19N3O4/c1-22-13-7-6-10(16-17-13)14(19)18-11-5-3-2-4-9(11)8-12(18)15(20)21/h6-7,9,11-12H,2-5,8H2,1H3,(H,20,21)/t9-,11+,12-/m0/s1. The van der Waals surface area contributed by atoms with E-state index in [9.17, 15) is 14.7 Å². The summed E-state index contributed by atoms with van der Waals surface area (Å²) in [5.74, 6) is -0.686. The predicted octanol–water partition coefficient (Wildman–Crippen LogP) is 1.34. The van der Waals surface area contributed by atoms with Crippen LogP contribution in [0.2, 0.25) is 0 Å². The van der Waals surface area contributed by atoms with Crippen LogP contribution in [-0.4, -0.2) is 51.3 Å². The van der Waals surface area contributed by atoms with Gasteiger partial charge in [-0.1, -0.05) is 12.8 Å². The molecular formula is C15H19N3O4. The van der Waals surface area contributed by atoms with Gasteiger partial charge in [0.05, 0.1) is 7.11 Å². The van der Waals surface area contributed by atoms with Gasteiger partial charge in [0.2, 0.25) is 5.88 Å². The Hall–Kier alpha value is -2.18. The summed E-state index contributed by atoms with van der Waals surface area (Å²) < 4.78 is 4.93. The molecule has 1 saturated heterocycles. The number of fused-ring (bicyclic) bond motifs is 1. The lowest BCUT2D eigenvalue weighted by Gasteiger charge is -2.32. The van der Waals surface area contributed by atoms with Crippen LogP contribution in [0.25, 0.3) is 0 Å². The topological polar surface area (TPSA) is 92.6 Å². The van der Waals surface area contributed by atoms with Crippen molar-refractivity contribution in [2.24, 2.45) is 5.92 Å². The smallest absolute Gasteiger partial charge is 0.326 e. The Balaban J connectivity index is 1.88. The maximum Gasteiger partial charge on any atom is 0.326 e. The molecule has 22 heavy (non-hydrogen) atoms. The second-order valence-corrected chi connectivity index (χ2v) is 5.87. The van der Waals surface area contributed by atoms with Gasteiger partial charge >= 0.3 is 5.97 Å². The van der Waals surface area contributed by atoms with E-state index in [4.69, 9.17) is 4.74 Å². The fourth-order valence-electron chi connectivity index (χ4n) is 3.65. The van der Waals surface area contributed by atoms with E-state index in [0.29, 0.717) is 12.3 Å². The molecule has 2 fully saturated rings. The number of amides is 1. The lowest BCUT2D eigenvalue weighted by molar-refractivity contribution is -0.141. The van der Waals surface area contributed by atoms with Gasteiger partial charge in [0, 0.05) is 12.1 Å². The number of rotatable bonds is 3. The summed E-state index contributed by atoms with van der Waals surface area (Å²) in [6.07, 6.45) is 4.54. The van der Waals surface area contributed by atoms with Gasteiger partial charge in [-0.2, -0.15) is 0 Å². The van der Waals surface area contributed by atoms with Crippen molar-refractivity contribution in [1.29, 1.82) is 0 Å². The quantitative estimate of drug-likeness (QED) is 0.906. The number of ether oxygens (including phenoxy) is 1. The monoisotopic (exact) mass is 305 g/mol.